The van der Waals surface area contributed by atoms with Crippen molar-refractivity contribution in [2.24, 2.45) is 0 Å². The van der Waals surface area contributed by atoms with E-state index in [4.69, 9.17) is 0 Å². The van der Waals surface area contributed by atoms with Gasteiger partial charge in [-0.25, -0.2) is 0 Å². The third kappa shape index (κ3) is 5.69. The number of quaternary nitrogens is 1. The molecule has 1 amide bonds. The largest absolute Gasteiger partial charge is 0.346 e. The lowest BCUT2D eigenvalue weighted by Gasteiger charge is -2.11. The SMILES string of the molecule is C[C@H](CCc1ccccc1)[NH2+]CCNC(=O)c1cccs1. The van der Waals surface area contributed by atoms with E-state index in [2.05, 4.69) is 47.9 Å². The number of hydrogen-bond acceptors (Lipinski definition) is 2. The van der Waals surface area contributed by atoms with Gasteiger partial charge in [0.2, 0.25) is 0 Å². The summed E-state index contributed by atoms with van der Waals surface area (Å²) in [6.45, 7) is 3.88. The number of aryl methyl sites for hydroxylation is 1. The predicted octanol–water partition coefficient (Wildman–Crippen LogP) is 2.06. The van der Waals surface area contributed by atoms with Gasteiger partial charge in [-0.15, -0.1) is 11.3 Å². The Morgan fingerprint density at radius 2 is 2.05 bits per heavy atom. The van der Waals surface area contributed by atoms with Gasteiger partial charge < -0.3 is 10.6 Å². The Hall–Kier alpha value is -1.65. The van der Waals surface area contributed by atoms with Gasteiger partial charge >= 0.3 is 0 Å². The lowest BCUT2D eigenvalue weighted by molar-refractivity contribution is -0.684. The van der Waals surface area contributed by atoms with Crippen molar-refractivity contribution in [3.8, 4) is 0 Å². The standard InChI is InChI=1S/C17H22N2OS/c1-14(9-10-15-6-3-2-4-7-15)18-11-12-19-17(20)16-8-5-13-21-16/h2-8,13-14,18H,9-12H2,1H3,(H,19,20)/p+1/t14-/m1/s1. The summed E-state index contributed by atoms with van der Waals surface area (Å²) in [7, 11) is 0. The van der Waals surface area contributed by atoms with Gasteiger partial charge in [0.05, 0.1) is 24.0 Å². The predicted molar refractivity (Wildman–Crippen MR) is 87.7 cm³/mol. The van der Waals surface area contributed by atoms with Gasteiger partial charge in [-0.2, -0.15) is 0 Å². The molecule has 3 N–H and O–H groups in total. The highest BCUT2D eigenvalue weighted by atomic mass is 32.1. The summed E-state index contributed by atoms with van der Waals surface area (Å²) < 4.78 is 0. The fourth-order valence-electron chi connectivity index (χ4n) is 2.21. The molecular weight excluding hydrogens is 280 g/mol. The van der Waals surface area contributed by atoms with Crippen LogP contribution in [-0.2, 0) is 6.42 Å². The topological polar surface area (TPSA) is 45.7 Å². The Labute approximate surface area is 130 Å². The fourth-order valence-corrected chi connectivity index (χ4v) is 2.85. The number of nitrogens with one attached hydrogen (secondary N) is 1. The first-order valence-corrected chi connectivity index (χ1v) is 8.32. The molecule has 1 aromatic carbocycles. The normalized spacial score (nSPS) is 12.0. The van der Waals surface area contributed by atoms with Gasteiger partial charge in [0.15, 0.2) is 0 Å². The Bertz CT molecular complexity index is 525. The molecule has 0 bridgehead atoms. The molecule has 0 spiro atoms. The van der Waals surface area contributed by atoms with Crippen molar-refractivity contribution >= 4 is 17.2 Å². The molecule has 1 aromatic heterocycles. The van der Waals surface area contributed by atoms with Crippen molar-refractivity contribution in [1.82, 2.24) is 5.32 Å². The monoisotopic (exact) mass is 303 g/mol. The smallest absolute Gasteiger partial charge is 0.261 e. The number of thiophene rings is 1. The van der Waals surface area contributed by atoms with Gasteiger partial charge in [0.25, 0.3) is 5.91 Å². The lowest BCUT2D eigenvalue weighted by atomic mass is 10.1. The summed E-state index contributed by atoms with van der Waals surface area (Å²) in [6.07, 6.45) is 2.27. The van der Waals surface area contributed by atoms with Crippen LogP contribution in [0.1, 0.15) is 28.6 Å². The number of carbonyl (C=O) groups is 1. The minimum atomic E-state index is 0.0374. The zero-order valence-electron chi connectivity index (χ0n) is 12.4. The van der Waals surface area contributed by atoms with E-state index in [1.54, 1.807) is 0 Å². The van der Waals surface area contributed by atoms with E-state index in [1.165, 1.54) is 16.9 Å². The molecule has 2 aromatic rings. The minimum absolute atomic E-state index is 0.0374. The molecule has 0 saturated carbocycles. The number of hydrogen-bond donors (Lipinski definition) is 2. The van der Waals surface area contributed by atoms with Crippen molar-refractivity contribution in [2.45, 2.75) is 25.8 Å². The van der Waals surface area contributed by atoms with E-state index in [0.29, 0.717) is 12.6 Å². The van der Waals surface area contributed by atoms with Gasteiger partial charge in [-0.1, -0.05) is 36.4 Å². The van der Waals surface area contributed by atoms with Gasteiger partial charge in [-0.05, 0) is 30.4 Å². The van der Waals surface area contributed by atoms with Crippen LogP contribution in [-0.4, -0.2) is 25.0 Å². The Balaban J connectivity index is 1.57. The van der Waals surface area contributed by atoms with Crippen LogP contribution in [0.2, 0.25) is 0 Å². The van der Waals surface area contributed by atoms with E-state index in [0.717, 1.165) is 24.3 Å². The highest BCUT2D eigenvalue weighted by Crippen LogP contribution is 2.07. The van der Waals surface area contributed by atoms with Crippen molar-refractivity contribution in [1.29, 1.82) is 0 Å². The maximum Gasteiger partial charge on any atom is 0.261 e. The Morgan fingerprint density at radius 1 is 1.24 bits per heavy atom. The zero-order valence-corrected chi connectivity index (χ0v) is 13.2. The third-order valence-corrected chi connectivity index (χ3v) is 4.34. The summed E-state index contributed by atoms with van der Waals surface area (Å²) in [5, 5.41) is 7.18. The van der Waals surface area contributed by atoms with E-state index in [9.17, 15) is 4.79 Å². The molecule has 0 fully saturated rings. The summed E-state index contributed by atoms with van der Waals surface area (Å²) in [4.78, 5) is 12.5. The van der Waals surface area contributed by atoms with Crippen LogP contribution >= 0.6 is 11.3 Å². The maximum absolute atomic E-state index is 11.7. The van der Waals surface area contributed by atoms with Crippen LogP contribution in [0, 0.1) is 0 Å². The molecule has 0 saturated heterocycles. The van der Waals surface area contributed by atoms with Crippen LogP contribution in [0.3, 0.4) is 0 Å². The minimum Gasteiger partial charge on any atom is -0.346 e. The molecule has 21 heavy (non-hydrogen) atoms. The Kier molecular flexibility index (Phi) is 6.44. The average molecular weight is 303 g/mol. The van der Waals surface area contributed by atoms with E-state index >= 15 is 0 Å². The van der Waals surface area contributed by atoms with Crippen molar-refractivity contribution < 1.29 is 10.1 Å². The van der Waals surface area contributed by atoms with Crippen LogP contribution < -0.4 is 10.6 Å². The second kappa shape index (κ2) is 8.60. The molecule has 0 aliphatic carbocycles. The summed E-state index contributed by atoms with van der Waals surface area (Å²) in [5.41, 5.74) is 1.39. The first kappa shape index (κ1) is 15.7. The second-order valence-corrected chi connectivity index (χ2v) is 6.21. The molecule has 0 radical (unpaired) electrons. The molecule has 1 heterocycles. The summed E-state index contributed by atoms with van der Waals surface area (Å²) in [6, 6.07) is 14.9. The fraction of sp³-hybridized carbons (Fsp3) is 0.353. The number of rotatable bonds is 8. The third-order valence-electron chi connectivity index (χ3n) is 3.48. The molecule has 3 nitrogen and oxygen atoms in total. The molecule has 1 atom stereocenters. The van der Waals surface area contributed by atoms with E-state index in [-0.39, 0.29) is 5.91 Å². The van der Waals surface area contributed by atoms with Crippen LogP contribution in [0.15, 0.2) is 47.8 Å². The summed E-state index contributed by atoms with van der Waals surface area (Å²) >= 11 is 1.48. The molecule has 2 rings (SSSR count). The van der Waals surface area contributed by atoms with E-state index < -0.39 is 0 Å². The summed E-state index contributed by atoms with van der Waals surface area (Å²) in [5.74, 6) is 0.0374. The molecular formula is C17H23N2OS+. The maximum atomic E-state index is 11.7. The molecule has 4 heteroatoms. The highest BCUT2D eigenvalue weighted by molar-refractivity contribution is 7.12. The first-order chi connectivity index (χ1) is 10.3. The molecule has 0 aliphatic rings. The van der Waals surface area contributed by atoms with Crippen LogP contribution in [0.25, 0.3) is 0 Å². The molecule has 0 unspecified atom stereocenters. The number of benzene rings is 1. The number of carbonyl (C=O) groups excluding carboxylic acids is 1. The number of nitrogens with two attached hydrogens (primary N) is 1. The Morgan fingerprint density at radius 3 is 2.76 bits per heavy atom. The van der Waals surface area contributed by atoms with Crippen molar-refractivity contribution in [2.75, 3.05) is 13.1 Å². The molecule has 0 aliphatic heterocycles. The average Bonchev–Trinajstić information content (AvgIpc) is 3.05. The highest BCUT2D eigenvalue weighted by Gasteiger charge is 2.07. The second-order valence-electron chi connectivity index (χ2n) is 5.26. The lowest BCUT2D eigenvalue weighted by Crippen LogP contribution is -2.90. The van der Waals surface area contributed by atoms with E-state index in [1.807, 2.05) is 17.5 Å². The zero-order chi connectivity index (χ0) is 14.9. The van der Waals surface area contributed by atoms with Gasteiger partial charge in [0.1, 0.15) is 0 Å². The number of amides is 1. The van der Waals surface area contributed by atoms with Crippen molar-refractivity contribution in [3.63, 3.8) is 0 Å². The first-order valence-electron chi connectivity index (χ1n) is 7.44. The van der Waals surface area contributed by atoms with Crippen molar-refractivity contribution in [3.05, 3.63) is 58.3 Å². The van der Waals surface area contributed by atoms with Gasteiger partial charge in [0, 0.05) is 6.42 Å². The van der Waals surface area contributed by atoms with Gasteiger partial charge in [-0.3, -0.25) is 4.79 Å². The van der Waals surface area contributed by atoms with Crippen LogP contribution in [0.5, 0.6) is 0 Å². The van der Waals surface area contributed by atoms with Crippen LogP contribution in [0.4, 0.5) is 0 Å². The molecule has 112 valence electrons. The quantitative estimate of drug-likeness (QED) is 0.721.